The van der Waals surface area contributed by atoms with E-state index in [1.54, 1.807) is 0 Å². The summed E-state index contributed by atoms with van der Waals surface area (Å²) in [7, 11) is 4.14. The smallest absolute Gasteiger partial charge is 0.132 e. The minimum absolute atomic E-state index is 0.543. The lowest BCUT2D eigenvalue weighted by atomic mass is 10.0. The zero-order valence-electron chi connectivity index (χ0n) is 11.3. The number of hydrogen-bond acceptors (Lipinski definition) is 3. The van der Waals surface area contributed by atoms with Gasteiger partial charge in [0.1, 0.15) is 5.82 Å². The first-order chi connectivity index (χ1) is 8.11. The molecule has 1 aromatic heterocycles. The molecule has 0 spiro atoms. The van der Waals surface area contributed by atoms with Gasteiger partial charge in [-0.3, -0.25) is 4.90 Å². The number of likely N-dealkylation sites (tertiary alicyclic amines) is 1. The van der Waals surface area contributed by atoms with Crippen LogP contribution in [0.15, 0.2) is 18.3 Å². The normalized spacial score (nSPS) is 21.1. The Morgan fingerprint density at radius 1 is 1.41 bits per heavy atom. The summed E-state index contributed by atoms with van der Waals surface area (Å²) in [4.78, 5) is 9.22. The third-order valence-electron chi connectivity index (χ3n) is 3.56. The van der Waals surface area contributed by atoms with Gasteiger partial charge in [0.25, 0.3) is 0 Å². The van der Waals surface area contributed by atoms with E-state index in [0.717, 1.165) is 5.82 Å². The van der Waals surface area contributed by atoms with Crippen LogP contribution in [0.4, 0.5) is 5.82 Å². The zero-order valence-corrected chi connectivity index (χ0v) is 11.3. The molecule has 0 radical (unpaired) electrons. The van der Waals surface area contributed by atoms with Crippen molar-refractivity contribution in [2.75, 3.05) is 25.5 Å². The molecule has 0 bridgehead atoms. The molecular formula is C14H23N3. The van der Waals surface area contributed by atoms with Crippen molar-refractivity contribution in [3.63, 3.8) is 0 Å². The summed E-state index contributed by atoms with van der Waals surface area (Å²) in [5, 5.41) is 0. The van der Waals surface area contributed by atoms with Crippen LogP contribution in [-0.2, 0) is 0 Å². The van der Waals surface area contributed by atoms with E-state index in [1.807, 2.05) is 6.20 Å². The number of pyridine rings is 1. The van der Waals surface area contributed by atoms with E-state index in [1.165, 1.54) is 24.9 Å². The molecule has 0 aliphatic carbocycles. The molecule has 2 rings (SSSR count). The highest BCUT2D eigenvalue weighted by atomic mass is 15.2. The quantitative estimate of drug-likeness (QED) is 0.800. The Balaban J connectivity index is 2.33. The lowest BCUT2D eigenvalue weighted by Crippen LogP contribution is -2.31. The first kappa shape index (κ1) is 12.4. The summed E-state index contributed by atoms with van der Waals surface area (Å²) in [6.45, 7) is 5.78. The maximum atomic E-state index is 4.52. The van der Waals surface area contributed by atoms with Gasteiger partial charge in [-0.05, 0) is 39.3 Å². The molecular weight excluding hydrogens is 210 g/mol. The van der Waals surface area contributed by atoms with Crippen LogP contribution in [0.3, 0.4) is 0 Å². The van der Waals surface area contributed by atoms with Crippen molar-refractivity contribution >= 4 is 5.82 Å². The first-order valence-electron chi connectivity index (χ1n) is 6.49. The average molecular weight is 233 g/mol. The number of anilines is 1. The summed E-state index contributed by atoms with van der Waals surface area (Å²) in [5.74, 6) is 1.12. The Morgan fingerprint density at radius 3 is 2.82 bits per heavy atom. The second kappa shape index (κ2) is 5.05. The standard InChI is InChI=1S/C14H23N3/c1-11(2)17-10-6-8-13(17)12-7-5-9-15-14(12)16(3)4/h5,7,9,11,13H,6,8,10H2,1-4H3/t13-/m1/s1. The number of hydrogen-bond donors (Lipinski definition) is 0. The van der Waals surface area contributed by atoms with E-state index < -0.39 is 0 Å². The fourth-order valence-electron chi connectivity index (χ4n) is 2.78. The molecule has 1 aliphatic heterocycles. The van der Waals surface area contributed by atoms with Gasteiger partial charge in [0.05, 0.1) is 0 Å². The van der Waals surface area contributed by atoms with Gasteiger partial charge in [0.2, 0.25) is 0 Å². The molecule has 1 saturated heterocycles. The number of rotatable bonds is 3. The molecule has 1 atom stereocenters. The van der Waals surface area contributed by atoms with E-state index in [4.69, 9.17) is 0 Å². The maximum Gasteiger partial charge on any atom is 0.132 e. The highest BCUT2D eigenvalue weighted by molar-refractivity contribution is 5.47. The van der Waals surface area contributed by atoms with Gasteiger partial charge in [-0.2, -0.15) is 0 Å². The van der Waals surface area contributed by atoms with Crippen molar-refractivity contribution in [1.29, 1.82) is 0 Å². The van der Waals surface area contributed by atoms with Crippen LogP contribution in [0.5, 0.6) is 0 Å². The van der Waals surface area contributed by atoms with Crippen LogP contribution >= 0.6 is 0 Å². The molecule has 1 aromatic rings. The molecule has 3 heteroatoms. The van der Waals surface area contributed by atoms with Crippen molar-refractivity contribution in [2.24, 2.45) is 0 Å². The average Bonchev–Trinajstić information content (AvgIpc) is 2.77. The highest BCUT2D eigenvalue weighted by Gasteiger charge is 2.30. The molecule has 1 fully saturated rings. The highest BCUT2D eigenvalue weighted by Crippen LogP contribution is 2.36. The molecule has 0 unspecified atom stereocenters. The van der Waals surface area contributed by atoms with Crippen molar-refractivity contribution < 1.29 is 0 Å². The Bertz CT molecular complexity index is 373. The van der Waals surface area contributed by atoms with E-state index in [2.05, 4.69) is 54.9 Å². The molecule has 94 valence electrons. The van der Waals surface area contributed by atoms with Crippen molar-refractivity contribution in [3.05, 3.63) is 23.9 Å². The van der Waals surface area contributed by atoms with Crippen molar-refractivity contribution in [2.45, 2.75) is 38.8 Å². The summed E-state index contributed by atoms with van der Waals surface area (Å²) in [6, 6.07) is 5.44. The second-order valence-corrected chi connectivity index (χ2v) is 5.30. The van der Waals surface area contributed by atoms with Crippen LogP contribution in [-0.4, -0.2) is 36.6 Å². The largest absolute Gasteiger partial charge is 0.362 e. The summed E-state index contributed by atoms with van der Waals surface area (Å²) < 4.78 is 0. The van der Waals surface area contributed by atoms with E-state index in [0.29, 0.717) is 12.1 Å². The third-order valence-corrected chi connectivity index (χ3v) is 3.56. The van der Waals surface area contributed by atoms with Gasteiger partial charge in [0, 0.05) is 37.9 Å². The predicted octanol–water partition coefficient (Wildman–Crippen LogP) is 2.69. The molecule has 0 N–H and O–H groups in total. The minimum atomic E-state index is 0.543. The van der Waals surface area contributed by atoms with Gasteiger partial charge in [-0.1, -0.05) is 6.07 Å². The molecule has 1 aliphatic rings. The molecule has 0 amide bonds. The Labute approximate surface area is 104 Å². The molecule has 3 nitrogen and oxygen atoms in total. The van der Waals surface area contributed by atoms with Gasteiger partial charge in [-0.25, -0.2) is 4.98 Å². The van der Waals surface area contributed by atoms with Gasteiger partial charge < -0.3 is 4.90 Å². The van der Waals surface area contributed by atoms with Crippen LogP contribution in [0.1, 0.15) is 38.3 Å². The van der Waals surface area contributed by atoms with E-state index >= 15 is 0 Å². The van der Waals surface area contributed by atoms with Gasteiger partial charge in [-0.15, -0.1) is 0 Å². The molecule has 2 heterocycles. The lowest BCUT2D eigenvalue weighted by Gasteiger charge is -2.30. The van der Waals surface area contributed by atoms with Crippen LogP contribution < -0.4 is 4.90 Å². The minimum Gasteiger partial charge on any atom is -0.362 e. The summed E-state index contributed by atoms with van der Waals surface area (Å²) in [5.41, 5.74) is 1.38. The molecule has 0 saturated carbocycles. The van der Waals surface area contributed by atoms with Crippen molar-refractivity contribution in [3.8, 4) is 0 Å². The van der Waals surface area contributed by atoms with E-state index in [9.17, 15) is 0 Å². The third kappa shape index (κ3) is 2.44. The second-order valence-electron chi connectivity index (χ2n) is 5.30. The Hall–Kier alpha value is -1.09. The molecule has 0 aromatic carbocycles. The Kier molecular flexibility index (Phi) is 3.67. The van der Waals surface area contributed by atoms with Gasteiger partial charge in [0.15, 0.2) is 0 Å². The number of aromatic nitrogens is 1. The Morgan fingerprint density at radius 2 is 2.18 bits per heavy atom. The van der Waals surface area contributed by atoms with E-state index in [-0.39, 0.29) is 0 Å². The van der Waals surface area contributed by atoms with Crippen LogP contribution in [0.25, 0.3) is 0 Å². The maximum absolute atomic E-state index is 4.52. The SMILES string of the molecule is CC(C)N1CCC[C@@H]1c1cccnc1N(C)C. The number of nitrogens with zero attached hydrogens (tertiary/aromatic N) is 3. The van der Waals surface area contributed by atoms with Crippen molar-refractivity contribution in [1.82, 2.24) is 9.88 Å². The van der Waals surface area contributed by atoms with Crippen LogP contribution in [0, 0.1) is 0 Å². The summed E-state index contributed by atoms with van der Waals surface area (Å²) >= 11 is 0. The monoisotopic (exact) mass is 233 g/mol. The first-order valence-corrected chi connectivity index (χ1v) is 6.49. The predicted molar refractivity (Wildman–Crippen MR) is 72.4 cm³/mol. The van der Waals surface area contributed by atoms with Crippen LogP contribution in [0.2, 0.25) is 0 Å². The summed E-state index contributed by atoms with van der Waals surface area (Å²) in [6.07, 6.45) is 4.43. The van der Waals surface area contributed by atoms with Gasteiger partial charge >= 0.3 is 0 Å². The fourth-order valence-corrected chi connectivity index (χ4v) is 2.78. The zero-order chi connectivity index (χ0) is 12.4. The molecule has 17 heavy (non-hydrogen) atoms. The lowest BCUT2D eigenvalue weighted by molar-refractivity contribution is 0.205. The topological polar surface area (TPSA) is 19.4 Å². The fraction of sp³-hybridized carbons (Fsp3) is 0.643.